The molecule has 17 heavy (non-hydrogen) atoms. The van der Waals surface area contributed by atoms with E-state index in [1.807, 2.05) is 24.3 Å². The minimum absolute atomic E-state index is 0.262. The number of ether oxygens (including phenoxy) is 1. The summed E-state index contributed by atoms with van der Waals surface area (Å²) in [6, 6.07) is 7.08. The molecule has 0 atom stereocenters. The third-order valence-corrected chi connectivity index (χ3v) is 2.39. The van der Waals surface area contributed by atoms with Gasteiger partial charge in [0.1, 0.15) is 5.75 Å². The van der Waals surface area contributed by atoms with E-state index in [4.69, 9.17) is 4.74 Å². The first kappa shape index (κ1) is 11.3. The highest BCUT2D eigenvalue weighted by Crippen LogP contribution is 2.14. The fourth-order valence-corrected chi connectivity index (χ4v) is 1.45. The minimum atomic E-state index is -0.262. The van der Waals surface area contributed by atoms with E-state index in [1.165, 1.54) is 10.0 Å². The molecule has 1 radical (unpaired) electrons. The second-order valence-electron chi connectivity index (χ2n) is 3.58. The van der Waals surface area contributed by atoms with Crippen molar-refractivity contribution < 1.29 is 9.53 Å². The summed E-state index contributed by atoms with van der Waals surface area (Å²) in [5, 5.41) is 6.60. The van der Waals surface area contributed by atoms with Gasteiger partial charge in [0, 0.05) is 19.7 Å². The van der Waals surface area contributed by atoms with Crippen LogP contribution in [0.15, 0.2) is 29.4 Å². The Kier molecular flexibility index (Phi) is 2.86. The Morgan fingerprint density at radius 1 is 1.12 bits per heavy atom. The summed E-state index contributed by atoms with van der Waals surface area (Å²) in [5.41, 5.74) is 4.92. The molecule has 0 bridgehead atoms. The van der Waals surface area contributed by atoms with E-state index in [-0.39, 0.29) is 6.03 Å². The summed E-state index contributed by atoms with van der Waals surface area (Å²) in [6.07, 6.45) is 0. The number of rotatable bonds is 2. The van der Waals surface area contributed by atoms with Crippen LogP contribution in [0.1, 0.15) is 5.56 Å². The Hall–Kier alpha value is -2.24. The second kappa shape index (κ2) is 4.32. The van der Waals surface area contributed by atoms with Crippen LogP contribution in [0.25, 0.3) is 0 Å². The van der Waals surface area contributed by atoms with E-state index in [9.17, 15) is 4.79 Å². The number of benzene rings is 1. The molecule has 1 aromatic carbocycles. The lowest BCUT2D eigenvalue weighted by molar-refractivity contribution is 0.155. The number of hydrogen-bond acceptors (Lipinski definition) is 3. The molecule has 1 aliphatic rings. The molecule has 2 amide bonds. The Balaban J connectivity index is 2.27. The average Bonchev–Trinajstić information content (AvgIpc) is 2.35. The van der Waals surface area contributed by atoms with Gasteiger partial charge in [-0.3, -0.25) is 0 Å². The number of amidine groups is 1. The van der Waals surface area contributed by atoms with Crippen LogP contribution in [0.3, 0.4) is 0 Å². The number of urea groups is 1. The van der Waals surface area contributed by atoms with Crippen molar-refractivity contribution in [2.75, 3.05) is 21.2 Å². The topological polar surface area (TPSA) is 59.2 Å². The summed E-state index contributed by atoms with van der Waals surface area (Å²) in [6.45, 7) is 0. The van der Waals surface area contributed by atoms with E-state index in [2.05, 4.69) is 10.5 Å². The lowest BCUT2D eigenvalue weighted by Crippen LogP contribution is -2.48. The van der Waals surface area contributed by atoms with Crippen molar-refractivity contribution in [3.8, 4) is 5.75 Å². The molecule has 0 unspecified atom stereocenters. The molecule has 0 aliphatic carbocycles. The van der Waals surface area contributed by atoms with Crippen LogP contribution in [0.2, 0.25) is 0 Å². The van der Waals surface area contributed by atoms with E-state index < -0.39 is 0 Å². The van der Waals surface area contributed by atoms with Gasteiger partial charge in [0.25, 0.3) is 0 Å². The summed E-state index contributed by atoms with van der Waals surface area (Å²) >= 11 is 0. The van der Waals surface area contributed by atoms with Crippen molar-refractivity contribution >= 4 is 11.9 Å². The van der Waals surface area contributed by atoms with Crippen molar-refractivity contribution in [2.45, 2.75) is 0 Å². The molecule has 0 spiro atoms. The molecule has 0 N–H and O–H groups in total. The van der Waals surface area contributed by atoms with Crippen LogP contribution in [0.4, 0.5) is 4.79 Å². The lowest BCUT2D eigenvalue weighted by atomic mass is 10.2. The number of amides is 2. The molecule has 0 saturated heterocycles. The van der Waals surface area contributed by atoms with Crippen LogP contribution in [-0.4, -0.2) is 43.1 Å². The first-order valence-electron chi connectivity index (χ1n) is 5.08. The summed E-state index contributed by atoms with van der Waals surface area (Å²) in [4.78, 5) is 11.4. The van der Waals surface area contributed by atoms with Gasteiger partial charge in [0.05, 0.1) is 7.11 Å². The van der Waals surface area contributed by atoms with Gasteiger partial charge in [0.2, 0.25) is 0 Å². The van der Waals surface area contributed by atoms with Crippen LogP contribution in [0, 0.1) is 0 Å². The van der Waals surface area contributed by atoms with Gasteiger partial charge in [-0.2, -0.15) is 0 Å². The van der Waals surface area contributed by atoms with Crippen LogP contribution in [-0.2, 0) is 0 Å². The zero-order valence-corrected chi connectivity index (χ0v) is 9.91. The summed E-state index contributed by atoms with van der Waals surface area (Å²) in [5.74, 6) is 1.26. The first-order valence-corrected chi connectivity index (χ1v) is 5.08. The second-order valence-corrected chi connectivity index (χ2v) is 3.58. The highest BCUT2D eigenvalue weighted by atomic mass is 16.5. The van der Waals surface area contributed by atoms with Crippen LogP contribution in [0.5, 0.6) is 5.75 Å². The molecular weight excluding hydrogens is 220 g/mol. The Bertz CT molecular complexity index is 455. The number of nitrogens with zero attached hydrogens (tertiary/aromatic N) is 4. The average molecular weight is 233 g/mol. The first-order chi connectivity index (χ1) is 8.11. The fraction of sp³-hybridized carbons (Fsp3) is 0.273. The van der Waals surface area contributed by atoms with Gasteiger partial charge in [0.15, 0.2) is 5.84 Å². The number of carbonyl (C=O) groups is 1. The van der Waals surface area contributed by atoms with Gasteiger partial charge >= 0.3 is 6.03 Å². The van der Waals surface area contributed by atoms with Gasteiger partial charge in [-0.1, -0.05) is 0 Å². The van der Waals surface area contributed by atoms with E-state index in [1.54, 1.807) is 21.2 Å². The SMILES string of the molecule is COc1ccc(C2=NN(C)C(=O)N(C)[N]2)cc1. The smallest absolute Gasteiger partial charge is 0.360 e. The largest absolute Gasteiger partial charge is 0.497 e. The fourth-order valence-electron chi connectivity index (χ4n) is 1.45. The van der Waals surface area contributed by atoms with Crippen molar-refractivity contribution in [1.82, 2.24) is 15.4 Å². The molecule has 1 aromatic rings. The zero-order chi connectivity index (χ0) is 12.4. The third-order valence-electron chi connectivity index (χ3n) is 2.39. The highest BCUT2D eigenvalue weighted by molar-refractivity contribution is 6.01. The molecule has 0 fully saturated rings. The number of hydrazone groups is 1. The summed E-state index contributed by atoms with van der Waals surface area (Å²) < 4.78 is 5.07. The zero-order valence-electron chi connectivity index (χ0n) is 9.91. The maximum atomic E-state index is 11.4. The molecule has 6 heteroatoms. The maximum absolute atomic E-state index is 11.4. The number of methoxy groups -OCH3 is 1. The van der Waals surface area contributed by atoms with Crippen molar-refractivity contribution in [2.24, 2.45) is 5.10 Å². The lowest BCUT2D eigenvalue weighted by Gasteiger charge is -2.26. The molecule has 0 saturated carbocycles. The number of hydrogen-bond donors (Lipinski definition) is 0. The predicted octanol–water partition coefficient (Wildman–Crippen LogP) is 0.873. The van der Waals surface area contributed by atoms with Crippen LogP contribution >= 0.6 is 0 Å². The van der Waals surface area contributed by atoms with E-state index in [0.29, 0.717) is 5.84 Å². The van der Waals surface area contributed by atoms with E-state index >= 15 is 0 Å². The molecule has 1 heterocycles. The standard InChI is InChI=1S/C11H13N4O2/c1-14-11(16)15(2)13-10(12-14)8-4-6-9(17-3)7-5-8/h4-7H,1-3H3. The third kappa shape index (κ3) is 2.15. The minimum Gasteiger partial charge on any atom is -0.497 e. The van der Waals surface area contributed by atoms with Gasteiger partial charge in [-0.05, 0) is 24.3 Å². The predicted molar refractivity (Wildman–Crippen MR) is 62.6 cm³/mol. The van der Waals surface area contributed by atoms with Crippen molar-refractivity contribution in [3.63, 3.8) is 0 Å². The Morgan fingerprint density at radius 3 is 2.29 bits per heavy atom. The van der Waals surface area contributed by atoms with Crippen molar-refractivity contribution in [3.05, 3.63) is 29.8 Å². The van der Waals surface area contributed by atoms with E-state index in [0.717, 1.165) is 11.3 Å². The normalized spacial score (nSPS) is 15.5. The van der Waals surface area contributed by atoms with Crippen molar-refractivity contribution in [1.29, 1.82) is 0 Å². The summed E-state index contributed by atoms with van der Waals surface area (Å²) in [7, 11) is 4.80. The maximum Gasteiger partial charge on any atom is 0.360 e. The molecule has 89 valence electrons. The number of carbonyl (C=O) groups excluding carboxylic acids is 1. The monoisotopic (exact) mass is 233 g/mol. The molecule has 1 aliphatic heterocycles. The quantitative estimate of drug-likeness (QED) is 0.761. The molecular formula is C11H13N4O2. The van der Waals surface area contributed by atoms with Gasteiger partial charge < -0.3 is 4.74 Å². The highest BCUT2D eigenvalue weighted by Gasteiger charge is 2.24. The Labute approximate surface area is 99.4 Å². The van der Waals surface area contributed by atoms with Gasteiger partial charge in [-0.25, -0.2) is 14.8 Å². The van der Waals surface area contributed by atoms with Gasteiger partial charge in [-0.15, -0.1) is 10.5 Å². The molecule has 2 rings (SSSR count). The Morgan fingerprint density at radius 2 is 1.76 bits per heavy atom. The molecule has 6 nitrogen and oxygen atoms in total. The van der Waals surface area contributed by atoms with Crippen LogP contribution < -0.4 is 10.2 Å². The molecule has 0 aromatic heterocycles.